The van der Waals surface area contributed by atoms with E-state index in [1.165, 1.54) is 23.1 Å². The molecule has 0 aliphatic heterocycles. The molecule has 0 N–H and O–H groups in total. The summed E-state index contributed by atoms with van der Waals surface area (Å²) in [5.74, 6) is 1.76. The Morgan fingerprint density at radius 2 is 1.39 bits per heavy atom. The standard InChI is InChI=1S/C56H39N7O4S5/c1-5-41(64)37-22-14-13-17-32(37)25-36(29-59)69-54-44-46-47(61-72-60-46)45-50(49(44)62(48(54)31(4)68-6-2)66-34-18-9-7-10-19-34)63(67-35-20-11-8-12-21-35)51-55(45)71-53-30(3)42(70-56(51)53)26-40-43(33(27-57)28-58)38-23-15-16-24-39(38)52(40)65/h7-24,26,31,36H,5-6,25H2,1-4H3/b40-26-. The van der Waals surface area contributed by atoms with Crippen LogP contribution in [-0.4, -0.2) is 40.8 Å². The zero-order valence-corrected chi connectivity index (χ0v) is 43.1. The third-order valence-corrected chi connectivity index (χ3v) is 18.3. The molecule has 0 saturated carbocycles. The van der Waals surface area contributed by atoms with Crippen molar-refractivity contribution in [3.63, 3.8) is 0 Å². The number of thioether (sulfide) groups is 2. The molecule has 72 heavy (non-hydrogen) atoms. The predicted octanol–water partition coefficient (Wildman–Crippen LogP) is 14.7. The van der Waals surface area contributed by atoms with Crippen molar-refractivity contribution in [3.8, 4) is 29.7 Å². The molecule has 1 aliphatic carbocycles. The van der Waals surface area contributed by atoms with Gasteiger partial charge in [0, 0.05) is 49.1 Å². The van der Waals surface area contributed by atoms with Crippen LogP contribution in [0.4, 0.5) is 0 Å². The van der Waals surface area contributed by atoms with E-state index in [1.807, 2.05) is 126 Å². The van der Waals surface area contributed by atoms with E-state index < -0.39 is 5.25 Å². The summed E-state index contributed by atoms with van der Waals surface area (Å²) in [4.78, 5) is 43.2. The van der Waals surface area contributed by atoms with Crippen LogP contribution >= 0.6 is 57.9 Å². The first-order valence-corrected chi connectivity index (χ1v) is 27.4. The van der Waals surface area contributed by atoms with Gasteiger partial charge in [0.25, 0.3) is 0 Å². The van der Waals surface area contributed by atoms with Gasteiger partial charge in [0.05, 0.1) is 43.0 Å². The van der Waals surface area contributed by atoms with Gasteiger partial charge in [-0.05, 0) is 73.1 Å². The smallest absolute Gasteiger partial charge is 0.194 e. The summed E-state index contributed by atoms with van der Waals surface area (Å²) < 4.78 is 16.7. The molecule has 0 bridgehead atoms. The molecule has 11 rings (SSSR count). The van der Waals surface area contributed by atoms with Gasteiger partial charge in [-0.3, -0.25) is 9.59 Å². The molecule has 0 amide bonds. The lowest BCUT2D eigenvalue weighted by Gasteiger charge is -2.19. The van der Waals surface area contributed by atoms with Gasteiger partial charge in [-0.15, -0.1) is 34.4 Å². The zero-order chi connectivity index (χ0) is 49.8. The minimum Gasteiger partial charge on any atom is -0.375 e. The maximum absolute atomic E-state index is 14.1. The second-order valence-corrected chi connectivity index (χ2v) is 22.4. The second-order valence-electron chi connectivity index (χ2n) is 16.9. The first-order chi connectivity index (χ1) is 35.2. The van der Waals surface area contributed by atoms with Gasteiger partial charge >= 0.3 is 0 Å². The number of rotatable bonds is 14. The Balaban J connectivity index is 1.23. The molecule has 0 fully saturated rings. The molecule has 5 heterocycles. The Morgan fingerprint density at radius 1 is 0.764 bits per heavy atom. The fourth-order valence-electron chi connectivity index (χ4n) is 9.55. The zero-order valence-electron chi connectivity index (χ0n) is 39.1. The molecule has 1 aliphatic rings. The van der Waals surface area contributed by atoms with E-state index in [0.29, 0.717) is 74.2 Å². The maximum Gasteiger partial charge on any atom is 0.194 e. The average Bonchev–Trinajstić information content (AvgIpc) is 4.26. The summed E-state index contributed by atoms with van der Waals surface area (Å²) in [5.41, 5.74) is 8.21. The fourth-order valence-corrected chi connectivity index (χ4v) is 15.1. The van der Waals surface area contributed by atoms with E-state index >= 15 is 0 Å². The van der Waals surface area contributed by atoms with Crippen LogP contribution in [0.3, 0.4) is 0 Å². The lowest BCUT2D eigenvalue weighted by atomic mass is 9.99. The normalized spacial score (nSPS) is 13.8. The number of hydrogen-bond acceptors (Lipinski definition) is 14. The van der Waals surface area contributed by atoms with Crippen molar-refractivity contribution in [2.75, 3.05) is 5.75 Å². The Hall–Kier alpha value is -7.49. The molecule has 0 radical (unpaired) electrons. The largest absolute Gasteiger partial charge is 0.375 e. The number of fused-ring (bicyclic) bond motifs is 11. The Labute approximate surface area is 434 Å². The molecule has 2 atom stereocenters. The number of aromatic nitrogens is 4. The highest BCUT2D eigenvalue weighted by Crippen LogP contribution is 2.54. The molecule has 16 heteroatoms. The molecule has 2 unspecified atom stereocenters. The number of nitriles is 3. The third-order valence-electron chi connectivity index (χ3n) is 12.8. The molecule has 11 nitrogen and oxygen atoms in total. The van der Waals surface area contributed by atoms with Gasteiger partial charge in [-0.2, -0.15) is 45.8 Å². The van der Waals surface area contributed by atoms with Crippen molar-refractivity contribution in [2.24, 2.45) is 0 Å². The number of para-hydroxylation sites is 2. The number of ketones is 2. The summed E-state index contributed by atoms with van der Waals surface area (Å²) >= 11 is 7.43. The van der Waals surface area contributed by atoms with Crippen molar-refractivity contribution in [1.29, 1.82) is 15.8 Å². The van der Waals surface area contributed by atoms with Crippen molar-refractivity contribution < 1.29 is 19.3 Å². The number of carbonyl (C=O) groups is 2. The van der Waals surface area contributed by atoms with Crippen LogP contribution in [0.1, 0.15) is 80.4 Å². The van der Waals surface area contributed by atoms with Crippen LogP contribution in [0, 0.1) is 40.9 Å². The number of Topliss-reactive ketones (excluding diaryl/α,β-unsaturated/α-hetero) is 2. The number of nitrogens with zero attached hydrogens (tertiary/aromatic N) is 7. The molecule has 10 aromatic rings. The van der Waals surface area contributed by atoms with Crippen molar-refractivity contribution in [2.45, 2.75) is 55.9 Å². The van der Waals surface area contributed by atoms with Crippen LogP contribution < -0.4 is 9.68 Å². The topological polar surface area (TPSA) is 160 Å². The highest BCUT2D eigenvalue weighted by atomic mass is 32.2. The molecule has 0 saturated heterocycles. The first kappa shape index (κ1) is 46.9. The van der Waals surface area contributed by atoms with Gasteiger partial charge < -0.3 is 9.68 Å². The van der Waals surface area contributed by atoms with Crippen LogP contribution in [0.15, 0.2) is 125 Å². The molecule has 0 spiro atoms. The lowest BCUT2D eigenvalue weighted by Crippen LogP contribution is -2.13. The molecular weight excluding hydrogens is 995 g/mol. The third kappa shape index (κ3) is 7.68. The number of allylic oxidation sites excluding steroid dienone is 3. The molecule has 5 aromatic heterocycles. The molecule has 5 aromatic carbocycles. The van der Waals surface area contributed by atoms with Crippen molar-refractivity contribution >= 4 is 134 Å². The lowest BCUT2D eigenvalue weighted by molar-refractivity contribution is 0.0986. The van der Waals surface area contributed by atoms with Gasteiger partial charge in [0.15, 0.2) is 23.1 Å². The highest BCUT2D eigenvalue weighted by molar-refractivity contribution is 8.01. The summed E-state index contributed by atoms with van der Waals surface area (Å²) in [6.07, 6.45) is 2.50. The molecule has 352 valence electrons. The van der Waals surface area contributed by atoms with Gasteiger partial charge in [0.2, 0.25) is 0 Å². The van der Waals surface area contributed by atoms with Crippen LogP contribution in [0.5, 0.6) is 11.5 Å². The quantitative estimate of drug-likeness (QED) is 0.0441. The maximum atomic E-state index is 14.1. The van der Waals surface area contributed by atoms with Crippen LogP contribution in [0.2, 0.25) is 0 Å². The minimum absolute atomic E-state index is 0.0238. The summed E-state index contributed by atoms with van der Waals surface area (Å²) in [6, 6.07) is 40.5. The second kappa shape index (κ2) is 19.3. The van der Waals surface area contributed by atoms with E-state index in [-0.39, 0.29) is 22.4 Å². The average molecular weight is 1030 g/mol. The number of thiophene rings is 2. The van der Waals surface area contributed by atoms with Crippen LogP contribution in [0.25, 0.3) is 64.1 Å². The highest BCUT2D eigenvalue weighted by Gasteiger charge is 2.36. The van der Waals surface area contributed by atoms with E-state index in [1.54, 1.807) is 47.4 Å². The number of hydrogen-bond donors (Lipinski definition) is 0. The van der Waals surface area contributed by atoms with Gasteiger partial charge in [0.1, 0.15) is 50.5 Å². The van der Waals surface area contributed by atoms with Crippen molar-refractivity contribution in [3.05, 3.63) is 159 Å². The van der Waals surface area contributed by atoms with Crippen LogP contribution in [-0.2, 0) is 6.42 Å². The Morgan fingerprint density at radius 3 is 2.06 bits per heavy atom. The Bertz CT molecular complexity index is 4050. The van der Waals surface area contributed by atoms with E-state index in [9.17, 15) is 25.4 Å². The predicted molar refractivity (Wildman–Crippen MR) is 292 cm³/mol. The fraction of sp³-hybridized carbons (Fsp3) is 0.161. The van der Waals surface area contributed by atoms with Gasteiger partial charge in [-0.1, -0.05) is 98.8 Å². The van der Waals surface area contributed by atoms with E-state index in [2.05, 4.69) is 19.9 Å². The number of carbonyl (C=O) groups excluding carboxylic acids is 2. The summed E-state index contributed by atoms with van der Waals surface area (Å²) in [7, 11) is 0. The number of benzene rings is 5. The van der Waals surface area contributed by atoms with Gasteiger partial charge in [-0.25, -0.2) is 0 Å². The summed E-state index contributed by atoms with van der Waals surface area (Å²) in [6.45, 7) is 8.15. The Kier molecular flexibility index (Phi) is 12.5. The van der Waals surface area contributed by atoms with E-state index in [0.717, 1.165) is 74.5 Å². The minimum atomic E-state index is -0.620. The molecular formula is C56H39N7O4S5. The number of aryl methyl sites for hydroxylation is 1. The van der Waals surface area contributed by atoms with E-state index in [4.69, 9.17) is 18.4 Å². The first-order valence-electron chi connectivity index (χ1n) is 23.1. The monoisotopic (exact) mass is 1030 g/mol. The van der Waals surface area contributed by atoms with Crippen molar-refractivity contribution in [1.82, 2.24) is 18.2 Å². The summed E-state index contributed by atoms with van der Waals surface area (Å²) in [5, 5.41) is 32.1. The SMILES string of the molecule is CCSC(C)c1c(SC(C#N)Cc2ccccc2C(=O)CC)c2c3nsnc3c3c4sc5c(C)c(/C=C6\C(=O)c7ccccc7C6=C(C#N)C#N)sc5c4n(Oc4ccccc4)c3c2n1Oc1ccccc1.